The van der Waals surface area contributed by atoms with Crippen molar-refractivity contribution in [1.82, 2.24) is 14.7 Å². The predicted molar refractivity (Wildman–Crippen MR) is 134 cm³/mol. The number of thiophene rings is 1. The summed E-state index contributed by atoms with van der Waals surface area (Å²) in [5.41, 5.74) is 4.05. The molecule has 1 saturated heterocycles. The van der Waals surface area contributed by atoms with Crippen molar-refractivity contribution in [2.24, 2.45) is 0 Å². The first-order valence-corrected chi connectivity index (χ1v) is 11.8. The molecule has 7 heteroatoms. The van der Waals surface area contributed by atoms with Gasteiger partial charge in [-0.25, -0.2) is 4.68 Å². The van der Waals surface area contributed by atoms with E-state index in [4.69, 9.17) is 5.10 Å². The number of nitrogens with one attached hydrogen (secondary N) is 1. The van der Waals surface area contributed by atoms with E-state index in [2.05, 4.69) is 46.4 Å². The molecule has 3 heterocycles. The zero-order chi connectivity index (χ0) is 22.1. The standard InChI is InChI=1S/C25H27N5OS/c1-18-22-17-23(32-25(22)30(27-18)21-7-5-3-4-6-8-21)24(31)26-19-9-11-20(12-10-19)29-15-13-28(2)14-16-29/h3-7,9-12,17H,8,13-16H2,1-2H3,(H,26,31). The first-order valence-electron chi connectivity index (χ1n) is 11.0. The van der Waals surface area contributed by atoms with Crippen molar-refractivity contribution in [1.29, 1.82) is 0 Å². The first kappa shape index (κ1) is 20.7. The molecule has 0 saturated carbocycles. The largest absolute Gasteiger partial charge is 0.369 e. The van der Waals surface area contributed by atoms with Crippen molar-refractivity contribution in [2.75, 3.05) is 43.4 Å². The molecule has 0 bridgehead atoms. The number of nitrogens with zero attached hydrogens (tertiary/aromatic N) is 4. The maximum atomic E-state index is 13.0. The fourth-order valence-corrected chi connectivity index (χ4v) is 5.18. The van der Waals surface area contributed by atoms with Gasteiger partial charge in [0.25, 0.3) is 5.91 Å². The minimum absolute atomic E-state index is 0.0841. The van der Waals surface area contributed by atoms with Gasteiger partial charge in [0, 0.05) is 55.1 Å². The molecule has 1 aliphatic heterocycles. The van der Waals surface area contributed by atoms with Crippen LogP contribution in [0, 0.1) is 6.92 Å². The normalized spacial score (nSPS) is 16.9. The van der Waals surface area contributed by atoms with Gasteiger partial charge in [-0.05, 0) is 50.4 Å². The summed E-state index contributed by atoms with van der Waals surface area (Å²) in [7, 11) is 2.16. The maximum absolute atomic E-state index is 13.0. The molecule has 6 nitrogen and oxygen atoms in total. The number of fused-ring (bicyclic) bond motifs is 1. The van der Waals surface area contributed by atoms with Crippen molar-refractivity contribution in [2.45, 2.75) is 13.3 Å². The second kappa shape index (κ2) is 8.76. The van der Waals surface area contributed by atoms with Crippen molar-refractivity contribution in [3.05, 3.63) is 71.3 Å². The van der Waals surface area contributed by atoms with Gasteiger partial charge in [0.15, 0.2) is 0 Å². The number of likely N-dealkylation sites (N-methyl/N-ethyl adjacent to an activating group) is 1. The number of aryl methyl sites for hydroxylation is 1. The van der Waals surface area contributed by atoms with E-state index in [1.807, 2.05) is 48.0 Å². The third-order valence-corrected chi connectivity index (χ3v) is 7.12. The smallest absolute Gasteiger partial charge is 0.265 e. The molecule has 1 aliphatic carbocycles. The lowest BCUT2D eigenvalue weighted by Crippen LogP contribution is -2.44. The highest BCUT2D eigenvalue weighted by molar-refractivity contribution is 7.20. The minimum atomic E-state index is -0.0841. The zero-order valence-electron chi connectivity index (χ0n) is 18.4. The summed E-state index contributed by atoms with van der Waals surface area (Å²) in [5.74, 6) is -0.0841. The van der Waals surface area contributed by atoms with E-state index in [-0.39, 0.29) is 5.91 Å². The Hall–Kier alpha value is -3.16. The highest BCUT2D eigenvalue weighted by Gasteiger charge is 2.19. The van der Waals surface area contributed by atoms with Crippen LogP contribution in [0.2, 0.25) is 0 Å². The summed E-state index contributed by atoms with van der Waals surface area (Å²) in [4.78, 5) is 19.4. The predicted octanol–water partition coefficient (Wildman–Crippen LogP) is 4.77. The van der Waals surface area contributed by atoms with E-state index in [0.717, 1.165) is 59.9 Å². The van der Waals surface area contributed by atoms with Crippen LogP contribution in [-0.2, 0) is 0 Å². The number of rotatable bonds is 4. The SMILES string of the molecule is Cc1nn(C2=CC=CC=CC2)c2sc(C(=O)Nc3ccc(N4CCN(C)CC4)cc3)cc12. The van der Waals surface area contributed by atoms with Crippen molar-refractivity contribution in [3.8, 4) is 0 Å². The molecule has 164 valence electrons. The van der Waals surface area contributed by atoms with Crippen LogP contribution >= 0.6 is 11.3 Å². The molecule has 3 aromatic rings. The van der Waals surface area contributed by atoms with Gasteiger partial charge in [0.2, 0.25) is 0 Å². The maximum Gasteiger partial charge on any atom is 0.265 e. The van der Waals surface area contributed by atoms with Crippen LogP contribution in [0.15, 0.2) is 60.7 Å². The fraction of sp³-hybridized carbons (Fsp3) is 0.280. The van der Waals surface area contributed by atoms with Crippen molar-refractivity contribution in [3.63, 3.8) is 0 Å². The molecule has 1 N–H and O–H groups in total. The van der Waals surface area contributed by atoms with Crippen LogP contribution in [0.3, 0.4) is 0 Å². The summed E-state index contributed by atoms with van der Waals surface area (Å²) in [6.07, 6.45) is 11.1. The third kappa shape index (κ3) is 4.13. The molecule has 2 aliphatic rings. The molecular formula is C25H27N5OS. The number of carbonyl (C=O) groups is 1. The number of aromatic nitrogens is 2. The topological polar surface area (TPSA) is 53.4 Å². The Morgan fingerprint density at radius 2 is 1.84 bits per heavy atom. The lowest BCUT2D eigenvalue weighted by molar-refractivity contribution is 0.103. The van der Waals surface area contributed by atoms with E-state index in [1.54, 1.807) is 0 Å². The Kier molecular flexibility index (Phi) is 5.68. The second-order valence-corrected chi connectivity index (χ2v) is 9.32. The lowest BCUT2D eigenvalue weighted by atomic mass is 10.2. The van der Waals surface area contributed by atoms with Gasteiger partial charge in [-0.2, -0.15) is 5.10 Å². The quantitative estimate of drug-likeness (QED) is 0.629. The number of hydrogen-bond donors (Lipinski definition) is 1. The number of piperazine rings is 1. The zero-order valence-corrected chi connectivity index (χ0v) is 19.2. The highest BCUT2D eigenvalue weighted by Crippen LogP contribution is 2.32. The number of amides is 1. The number of allylic oxidation sites excluding steroid dienone is 6. The van der Waals surface area contributed by atoms with Crippen LogP contribution < -0.4 is 10.2 Å². The summed E-state index contributed by atoms with van der Waals surface area (Å²) >= 11 is 1.49. The van der Waals surface area contributed by atoms with Crippen molar-refractivity contribution >= 4 is 44.5 Å². The Morgan fingerprint density at radius 3 is 2.62 bits per heavy atom. The van der Waals surface area contributed by atoms with Gasteiger partial charge < -0.3 is 15.1 Å². The summed E-state index contributed by atoms with van der Waals surface area (Å²) in [6, 6.07) is 10.1. The van der Waals surface area contributed by atoms with E-state index < -0.39 is 0 Å². The molecular weight excluding hydrogens is 418 g/mol. The average molecular weight is 446 g/mol. The molecule has 5 rings (SSSR count). The Labute approximate surface area is 192 Å². The Morgan fingerprint density at radius 1 is 1.06 bits per heavy atom. The van der Waals surface area contributed by atoms with E-state index in [0.29, 0.717) is 4.88 Å². The monoisotopic (exact) mass is 445 g/mol. The van der Waals surface area contributed by atoms with E-state index in [1.165, 1.54) is 17.0 Å². The average Bonchev–Trinajstić information content (AvgIpc) is 3.24. The molecule has 1 aromatic carbocycles. The number of benzene rings is 1. The lowest BCUT2D eigenvalue weighted by Gasteiger charge is -2.34. The molecule has 32 heavy (non-hydrogen) atoms. The van der Waals surface area contributed by atoms with Gasteiger partial charge in [-0.3, -0.25) is 4.79 Å². The van der Waals surface area contributed by atoms with Crippen LogP contribution in [0.5, 0.6) is 0 Å². The number of hydrogen-bond acceptors (Lipinski definition) is 5. The number of anilines is 2. The van der Waals surface area contributed by atoms with Crippen molar-refractivity contribution < 1.29 is 4.79 Å². The van der Waals surface area contributed by atoms with Gasteiger partial charge >= 0.3 is 0 Å². The summed E-state index contributed by atoms with van der Waals surface area (Å²) in [5, 5.41) is 8.79. The first-order chi connectivity index (χ1) is 15.6. The molecule has 0 radical (unpaired) electrons. The third-order valence-electron chi connectivity index (χ3n) is 6.01. The van der Waals surface area contributed by atoms with E-state index >= 15 is 0 Å². The van der Waals surface area contributed by atoms with Crippen LogP contribution in [-0.4, -0.2) is 53.8 Å². The molecule has 1 amide bonds. The summed E-state index contributed by atoms with van der Waals surface area (Å²) in [6.45, 7) is 6.20. The second-order valence-electron chi connectivity index (χ2n) is 8.29. The molecule has 1 fully saturated rings. The van der Waals surface area contributed by atoms with Gasteiger partial charge in [0.05, 0.1) is 10.6 Å². The minimum Gasteiger partial charge on any atom is -0.369 e. The van der Waals surface area contributed by atoms with E-state index in [9.17, 15) is 4.79 Å². The molecule has 2 aromatic heterocycles. The van der Waals surface area contributed by atoms with Crippen LogP contribution in [0.1, 0.15) is 21.8 Å². The molecule has 0 atom stereocenters. The van der Waals surface area contributed by atoms with Crippen LogP contribution in [0.25, 0.3) is 15.9 Å². The molecule has 0 spiro atoms. The van der Waals surface area contributed by atoms with Gasteiger partial charge in [0.1, 0.15) is 4.83 Å². The van der Waals surface area contributed by atoms with Gasteiger partial charge in [-0.15, -0.1) is 11.3 Å². The highest BCUT2D eigenvalue weighted by atomic mass is 32.1. The Bertz CT molecular complexity index is 1220. The molecule has 0 unspecified atom stereocenters. The van der Waals surface area contributed by atoms with Crippen LogP contribution in [0.4, 0.5) is 11.4 Å². The number of carbonyl (C=O) groups excluding carboxylic acids is 1. The Balaban J connectivity index is 1.33. The fourth-order valence-electron chi connectivity index (χ4n) is 4.09. The van der Waals surface area contributed by atoms with Gasteiger partial charge in [-0.1, -0.05) is 24.3 Å². The summed E-state index contributed by atoms with van der Waals surface area (Å²) < 4.78 is 1.97.